The lowest BCUT2D eigenvalue weighted by molar-refractivity contribution is -0.139. The van der Waals surface area contributed by atoms with Crippen molar-refractivity contribution in [2.45, 2.75) is 264 Å². The summed E-state index contributed by atoms with van der Waals surface area (Å²) in [4.78, 5) is 32.3. The molecule has 3 fully saturated rings. The third-order valence-corrected chi connectivity index (χ3v) is 40.9. The number of ether oxygens (including phenoxy) is 6. The molecule has 3 rings (SSSR count). The summed E-state index contributed by atoms with van der Waals surface area (Å²) in [6.07, 6.45) is 16.3. The fraction of sp³-hybridized carbons (Fsp3) is 0.833. The van der Waals surface area contributed by atoms with Gasteiger partial charge in [-0.3, -0.25) is 0 Å². The molecule has 2 heterocycles. The summed E-state index contributed by atoms with van der Waals surface area (Å²) in [7, 11) is 1.48. The summed E-state index contributed by atoms with van der Waals surface area (Å²) in [6, 6.07) is 8.92. The summed E-state index contributed by atoms with van der Waals surface area (Å²) in [5.41, 5.74) is 2.60. The maximum atomic E-state index is 11.0. The van der Waals surface area contributed by atoms with E-state index in [-0.39, 0.29) is 25.3 Å². The van der Waals surface area contributed by atoms with Gasteiger partial charge in [0.25, 0.3) is 0 Å². The minimum atomic E-state index is -1.49. The molecule has 0 spiro atoms. The average Bonchev–Trinajstić information content (AvgIpc) is 3.78. The Balaban J connectivity index is -0.000000223. The molecule has 532 valence electrons. The number of hydrogen-bond acceptors (Lipinski definition) is 15. The fourth-order valence-corrected chi connectivity index (χ4v) is 30.9. The van der Waals surface area contributed by atoms with Crippen LogP contribution in [-0.2, 0) is 69.4 Å². The van der Waals surface area contributed by atoms with E-state index in [2.05, 4.69) is 145 Å². The minimum Gasteiger partial charge on any atom is -0.502 e. The van der Waals surface area contributed by atoms with Crippen molar-refractivity contribution in [3.05, 3.63) is 49.8 Å². The molecular formula is C66H146O15Si8. The van der Waals surface area contributed by atoms with Crippen LogP contribution in [0.2, 0.25) is 159 Å². The van der Waals surface area contributed by atoms with Crippen molar-refractivity contribution in [1.82, 2.24) is 0 Å². The lowest BCUT2D eigenvalue weighted by atomic mass is 10.2. The number of esters is 3. The zero-order valence-corrected chi connectivity index (χ0v) is 70.1. The van der Waals surface area contributed by atoms with Gasteiger partial charge in [-0.05, 0) is 167 Å². The van der Waals surface area contributed by atoms with E-state index >= 15 is 0 Å². The molecule has 1 saturated carbocycles. The molecule has 89 heavy (non-hydrogen) atoms. The molecule has 1 aliphatic carbocycles. The molecule has 0 aromatic heterocycles. The predicted octanol–water partition coefficient (Wildman–Crippen LogP) is 18.7. The van der Waals surface area contributed by atoms with Gasteiger partial charge in [-0.2, -0.15) is 0 Å². The Kier molecular flexibility index (Phi) is 60.7. The second kappa shape index (κ2) is 54.8. The lowest BCUT2D eigenvalue weighted by Crippen LogP contribution is -2.28. The Morgan fingerprint density at radius 1 is 0.517 bits per heavy atom. The Morgan fingerprint density at radius 3 is 1.13 bits per heavy atom. The third kappa shape index (κ3) is 75.5. The smallest absolute Gasteiger partial charge is 0.333 e. The third-order valence-electron chi connectivity index (χ3n) is 15.0. The molecular weight excluding hydrogens is 1260 g/mol. The average molecular weight is 1400 g/mol. The highest BCUT2D eigenvalue weighted by Gasteiger charge is 2.39. The van der Waals surface area contributed by atoms with Gasteiger partial charge in [0.1, 0.15) is 6.10 Å². The van der Waals surface area contributed by atoms with Crippen molar-refractivity contribution in [1.29, 1.82) is 0 Å². The summed E-state index contributed by atoms with van der Waals surface area (Å²) >= 11 is 0. The Bertz CT molecular complexity index is 1800. The van der Waals surface area contributed by atoms with Gasteiger partial charge in [0.05, 0.1) is 45.9 Å². The van der Waals surface area contributed by atoms with Gasteiger partial charge in [-0.25, -0.2) is 14.4 Å². The first kappa shape index (κ1) is 98.6. The molecule has 0 radical (unpaired) electrons. The van der Waals surface area contributed by atoms with E-state index in [4.69, 9.17) is 55.0 Å². The van der Waals surface area contributed by atoms with Gasteiger partial charge in [0.15, 0.2) is 49.9 Å². The largest absolute Gasteiger partial charge is 0.502 e. The van der Waals surface area contributed by atoms with Crippen LogP contribution in [0.5, 0.6) is 0 Å². The Morgan fingerprint density at radius 2 is 0.854 bits per heavy atom. The van der Waals surface area contributed by atoms with Gasteiger partial charge in [-0.15, -0.1) is 0 Å². The number of carbonyl (C=O) groups excluding carboxylic acids is 3. The molecule has 2 aliphatic heterocycles. The highest BCUT2D eigenvalue weighted by molar-refractivity contribution is 6.99. The number of unbranched alkanes of at least 4 members (excludes halogenated alkanes) is 2. The monoisotopic (exact) mass is 1400 g/mol. The van der Waals surface area contributed by atoms with Gasteiger partial charge in [-0.1, -0.05) is 123 Å². The molecule has 15 nitrogen and oxygen atoms in total. The van der Waals surface area contributed by atoms with Crippen LogP contribution < -0.4 is 0 Å². The van der Waals surface area contributed by atoms with Gasteiger partial charge >= 0.3 is 17.9 Å². The first-order chi connectivity index (χ1) is 40.5. The first-order valence-electron chi connectivity index (χ1n) is 32.6. The maximum absolute atomic E-state index is 11.0. The standard InChI is InChI=1S/C10H20O3Si.C10H22OSi.C9H20O3Si.C9H18O3Si.C8H18O2Si.C8H14O2.C7H18Si2.C4H12OSi.CH4/c1-9(2)10(11)13-7-6-8-14(4,5)12-3;1-11-12(2,3)9-5-4-6-10-7-8-10;1-10-13(2,3)6-4-5-11-7-9-8-12-9;1-5-9(10)12-7-6-8-13(3,4)11-2;1-5-10-7-6-8-11(3,4)9-2;1-4-5-6-10-8(9)7(2)3;1-8(2)5-6-9(3,4)7-8;1-5-6(2,3)4;/h1,6-8H2,2-5H3;10H,4-9H2,1-3H3;9H,4-8H2,1-3H3;5H,1,6-8H2,2-4H3;5H,1,6-8H2,2-4H3;2,4-6H2,1,3H3;5-7H2,1-4H3;1-4H3;1H4. The van der Waals surface area contributed by atoms with Crippen LogP contribution >= 0.6 is 0 Å². The summed E-state index contributed by atoms with van der Waals surface area (Å²) in [6.45, 7) is 62.6. The first-order valence-corrected chi connectivity index (χ1v) is 58.4. The molecule has 0 bridgehead atoms. The minimum absolute atomic E-state index is 0. The summed E-state index contributed by atoms with van der Waals surface area (Å²) in [5.74, 6) is 0.171. The van der Waals surface area contributed by atoms with Crippen LogP contribution in [0, 0.1) is 5.92 Å². The van der Waals surface area contributed by atoms with E-state index in [1.54, 1.807) is 60.0 Å². The molecule has 3 aliphatic rings. The van der Waals surface area contributed by atoms with Crippen LogP contribution in [0.25, 0.3) is 0 Å². The number of hydrogen-bond donors (Lipinski definition) is 0. The fourth-order valence-electron chi connectivity index (χ4n) is 7.64. The number of epoxide rings is 1. The number of carbonyl (C=O) groups is 3. The molecule has 0 aromatic carbocycles. The van der Waals surface area contributed by atoms with Gasteiger partial charge in [0.2, 0.25) is 0 Å². The molecule has 1 unspecified atom stereocenters. The maximum Gasteiger partial charge on any atom is 0.333 e. The number of rotatable bonds is 36. The Hall–Kier alpha value is -1.41. The van der Waals surface area contributed by atoms with Crippen molar-refractivity contribution in [2.75, 3.05) is 88.9 Å². The van der Waals surface area contributed by atoms with E-state index in [0.717, 1.165) is 89.0 Å². The molecule has 0 aromatic rings. The van der Waals surface area contributed by atoms with Crippen LogP contribution in [0.1, 0.15) is 98.8 Å². The summed E-state index contributed by atoms with van der Waals surface area (Å²) < 4.78 is 62.2. The van der Waals surface area contributed by atoms with Gasteiger partial charge in [0, 0.05) is 82.6 Å². The van der Waals surface area contributed by atoms with Crippen molar-refractivity contribution in [3.63, 3.8) is 0 Å². The zero-order valence-electron chi connectivity index (χ0n) is 62.1. The normalized spacial score (nSPS) is 15.3. The molecule has 1 atom stereocenters. The molecule has 2 saturated heterocycles. The van der Waals surface area contributed by atoms with Crippen LogP contribution in [0.4, 0.5) is 0 Å². The van der Waals surface area contributed by atoms with Crippen LogP contribution in [-0.4, -0.2) is 179 Å². The van der Waals surface area contributed by atoms with E-state index in [0.29, 0.717) is 37.1 Å². The topological polar surface area (TPSA) is 165 Å². The van der Waals surface area contributed by atoms with E-state index in [1.807, 2.05) is 14.2 Å². The molecule has 0 N–H and O–H groups in total. The lowest BCUT2D eigenvalue weighted by Gasteiger charge is -2.19. The van der Waals surface area contributed by atoms with Crippen molar-refractivity contribution < 1.29 is 69.4 Å². The second-order valence-corrected chi connectivity index (χ2v) is 66.7. The van der Waals surface area contributed by atoms with E-state index in [1.165, 1.54) is 56.5 Å². The van der Waals surface area contributed by atoms with Gasteiger partial charge < -0.3 is 55.0 Å². The van der Waals surface area contributed by atoms with E-state index in [9.17, 15) is 14.4 Å². The predicted molar refractivity (Wildman–Crippen MR) is 402 cm³/mol. The van der Waals surface area contributed by atoms with Crippen molar-refractivity contribution >= 4 is 84.0 Å². The van der Waals surface area contributed by atoms with E-state index < -0.39 is 66.1 Å². The zero-order chi connectivity index (χ0) is 69.3. The van der Waals surface area contributed by atoms with Crippen LogP contribution in [0.15, 0.2) is 49.8 Å². The van der Waals surface area contributed by atoms with Crippen LogP contribution in [0.3, 0.4) is 0 Å². The second-order valence-electron chi connectivity index (χ2n) is 28.9. The quantitative estimate of drug-likeness (QED) is 0.0111. The highest BCUT2D eigenvalue weighted by atomic mass is 28.4. The van der Waals surface area contributed by atoms with Crippen molar-refractivity contribution in [3.8, 4) is 0 Å². The molecule has 0 amide bonds. The highest BCUT2D eigenvalue weighted by Crippen LogP contribution is 2.37. The molecule has 23 heteroatoms. The Labute approximate surface area is 558 Å². The van der Waals surface area contributed by atoms with Crippen molar-refractivity contribution in [2.24, 2.45) is 5.92 Å². The summed E-state index contributed by atoms with van der Waals surface area (Å²) in [5, 5.41) is 0. The SMILES string of the molecule is C.C=C(C)C(=O)OCCCC.C=C(C)C(=O)OCCC[Si](C)(C)OC.C=CC(=O)OCCC[Si](C)(C)OC.C=COCCC[Si](C)(C)OC.CO[Si](C)(C)C.CO[Si](C)(C)CCCCC1CC1.CO[Si](C)(C)CCCOCC1CO1.C[Si]1(C)CC[Si](C)(C)C1.